The average Bonchev–Trinajstić information content (AvgIpc) is 2.64. The standard InChI is InChI=1S/C17H17N7O/c18-15-16(22-13-8-4-5-9-19-13)20-11-21-17(15)24-23-14(25)10-12-6-2-1-3-7-12/h1-9,11H,10,18H2,(H,23,25)(H2,19,20,21,22,24). The Labute approximate surface area is 144 Å². The predicted octanol–water partition coefficient (Wildman–Crippen LogP) is 1.88. The summed E-state index contributed by atoms with van der Waals surface area (Å²) in [6.07, 6.45) is 3.24. The van der Waals surface area contributed by atoms with Gasteiger partial charge in [-0.3, -0.25) is 15.6 Å². The number of carbonyl (C=O) groups excluding carboxylic acids is 1. The highest BCUT2D eigenvalue weighted by molar-refractivity contribution is 5.82. The van der Waals surface area contributed by atoms with Crippen LogP contribution in [-0.4, -0.2) is 20.9 Å². The molecule has 3 aromatic rings. The minimum Gasteiger partial charge on any atom is -0.393 e. The number of aromatic nitrogens is 3. The van der Waals surface area contributed by atoms with E-state index in [9.17, 15) is 4.79 Å². The normalized spacial score (nSPS) is 10.1. The Morgan fingerprint density at radius 3 is 2.48 bits per heavy atom. The van der Waals surface area contributed by atoms with Crippen molar-refractivity contribution in [1.29, 1.82) is 0 Å². The smallest absolute Gasteiger partial charge is 0.242 e. The number of nitrogens with zero attached hydrogens (tertiary/aromatic N) is 3. The minimum absolute atomic E-state index is 0.205. The third kappa shape index (κ3) is 4.41. The molecule has 1 aromatic carbocycles. The number of nitrogens with one attached hydrogen (secondary N) is 3. The number of hydrogen-bond acceptors (Lipinski definition) is 7. The summed E-state index contributed by atoms with van der Waals surface area (Å²) in [6.45, 7) is 0. The van der Waals surface area contributed by atoms with E-state index < -0.39 is 0 Å². The van der Waals surface area contributed by atoms with Crippen molar-refractivity contribution < 1.29 is 4.79 Å². The quantitative estimate of drug-likeness (QED) is 0.508. The largest absolute Gasteiger partial charge is 0.393 e. The lowest BCUT2D eigenvalue weighted by molar-refractivity contribution is -0.119. The number of hydrogen-bond donors (Lipinski definition) is 4. The molecule has 0 atom stereocenters. The predicted molar refractivity (Wildman–Crippen MR) is 95.9 cm³/mol. The van der Waals surface area contributed by atoms with Gasteiger partial charge < -0.3 is 11.1 Å². The first kappa shape index (κ1) is 16.2. The second kappa shape index (κ2) is 7.73. The van der Waals surface area contributed by atoms with E-state index in [4.69, 9.17) is 5.73 Å². The van der Waals surface area contributed by atoms with E-state index in [0.717, 1.165) is 5.56 Å². The Kier molecular flexibility index (Phi) is 5.01. The van der Waals surface area contributed by atoms with E-state index in [1.54, 1.807) is 12.3 Å². The summed E-state index contributed by atoms with van der Waals surface area (Å²) < 4.78 is 0. The van der Waals surface area contributed by atoms with Crippen molar-refractivity contribution in [2.45, 2.75) is 6.42 Å². The molecule has 3 rings (SSSR count). The van der Waals surface area contributed by atoms with Crippen molar-refractivity contribution in [2.75, 3.05) is 16.5 Å². The number of amides is 1. The molecule has 5 N–H and O–H groups in total. The minimum atomic E-state index is -0.205. The van der Waals surface area contributed by atoms with Crippen LogP contribution in [0.4, 0.5) is 23.1 Å². The number of nitrogen functional groups attached to an aromatic ring is 1. The van der Waals surface area contributed by atoms with Gasteiger partial charge in [0.1, 0.15) is 17.8 Å². The monoisotopic (exact) mass is 335 g/mol. The molecule has 0 fully saturated rings. The summed E-state index contributed by atoms with van der Waals surface area (Å²) in [5, 5.41) is 3.00. The average molecular weight is 335 g/mol. The maximum Gasteiger partial charge on any atom is 0.242 e. The fourth-order valence-electron chi connectivity index (χ4n) is 2.11. The Bertz CT molecular complexity index is 840. The molecule has 126 valence electrons. The lowest BCUT2D eigenvalue weighted by Gasteiger charge is -2.12. The molecular formula is C17H17N7O. The van der Waals surface area contributed by atoms with Gasteiger partial charge in [-0.1, -0.05) is 36.4 Å². The molecule has 0 aliphatic rings. The molecule has 0 aliphatic carbocycles. The van der Waals surface area contributed by atoms with E-state index in [0.29, 0.717) is 17.5 Å². The topological polar surface area (TPSA) is 118 Å². The van der Waals surface area contributed by atoms with Gasteiger partial charge >= 0.3 is 0 Å². The Morgan fingerprint density at radius 2 is 1.72 bits per heavy atom. The Morgan fingerprint density at radius 1 is 0.960 bits per heavy atom. The van der Waals surface area contributed by atoms with Crippen molar-refractivity contribution in [3.05, 3.63) is 66.6 Å². The zero-order valence-corrected chi connectivity index (χ0v) is 13.3. The summed E-state index contributed by atoms with van der Waals surface area (Å²) in [7, 11) is 0. The van der Waals surface area contributed by atoms with Crippen LogP contribution in [0.5, 0.6) is 0 Å². The van der Waals surface area contributed by atoms with E-state index in [-0.39, 0.29) is 18.0 Å². The van der Waals surface area contributed by atoms with Gasteiger partial charge in [0.2, 0.25) is 5.91 Å². The van der Waals surface area contributed by atoms with Crippen LogP contribution in [0.2, 0.25) is 0 Å². The molecule has 0 saturated heterocycles. The second-order valence-corrected chi connectivity index (χ2v) is 5.16. The number of anilines is 4. The number of nitrogens with two attached hydrogens (primary N) is 1. The van der Waals surface area contributed by atoms with Crippen molar-refractivity contribution in [1.82, 2.24) is 20.4 Å². The van der Waals surface area contributed by atoms with Crippen molar-refractivity contribution in [2.24, 2.45) is 0 Å². The molecule has 0 unspecified atom stereocenters. The summed E-state index contributed by atoms with van der Waals surface area (Å²) >= 11 is 0. The number of carbonyl (C=O) groups is 1. The molecule has 0 bridgehead atoms. The molecule has 0 radical (unpaired) electrons. The molecule has 25 heavy (non-hydrogen) atoms. The van der Waals surface area contributed by atoms with E-state index in [1.807, 2.05) is 42.5 Å². The number of hydrazine groups is 1. The maximum absolute atomic E-state index is 12.0. The first-order valence-electron chi connectivity index (χ1n) is 7.59. The zero-order chi connectivity index (χ0) is 17.5. The zero-order valence-electron chi connectivity index (χ0n) is 13.3. The lowest BCUT2D eigenvalue weighted by atomic mass is 10.1. The number of pyridine rings is 1. The van der Waals surface area contributed by atoms with Crippen molar-refractivity contribution in [3.63, 3.8) is 0 Å². The summed E-state index contributed by atoms with van der Waals surface area (Å²) in [5.74, 6) is 1.10. The van der Waals surface area contributed by atoms with Crippen LogP contribution >= 0.6 is 0 Å². The summed E-state index contributed by atoms with van der Waals surface area (Å²) in [6, 6.07) is 14.9. The van der Waals surface area contributed by atoms with Gasteiger partial charge in [0.15, 0.2) is 11.6 Å². The number of rotatable bonds is 6. The lowest BCUT2D eigenvalue weighted by Crippen LogP contribution is -2.31. The molecule has 0 spiro atoms. The Hall–Kier alpha value is -3.68. The third-order valence-corrected chi connectivity index (χ3v) is 3.32. The van der Waals surface area contributed by atoms with Crippen LogP contribution < -0.4 is 21.9 Å². The van der Waals surface area contributed by atoms with Gasteiger partial charge in [0.25, 0.3) is 0 Å². The maximum atomic E-state index is 12.0. The molecule has 8 nitrogen and oxygen atoms in total. The summed E-state index contributed by atoms with van der Waals surface area (Å²) in [4.78, 5) is 24.3. The molecule has 2 heterocycles. The fourth-order valence-corrected chi connectivity index (χ4v) is 2.11. The fraction of sp³-hybridized carbons (Fsp3) is 0.0588. The first-order chi connectivity index (χ1) is 12.2. The highest BCUT2D eigenvalue weighted by Crippen LogP contribution is 2.24. The van der Waals surface area contributed by atoms with Crippen molar-refractivity contribution >= 4 is 29.0 Å². The summed E-state index contributed by atoms with van der Waals surface area (Å²) in [5.41, 5.74) is 12.5. The molecule has 8 heteroatoms. The molecule has 0 saturated carbocycles. The van der Waals surface area contributed by atoms with Crippen LogP contribution in [0.25, 0.3) is 0 Å². The van der Waals surface area contributed by atoms with Crippen LogP contribution in [0.1, 0.15) is 5.56 Å². The van der Waals surface area contributed by atoms with E-state index in [2.05, 4.69) is 31.1 Å². The number of benzene rings is 1. The Balaban J connectivity index is 1.63. The second-order valence-electron chi connectivity index (χ2n) is 5.16. The van der Waals surface area contributed by atoms with Gasteiger partial charge in [0, 0.05) is 6.20 Å². The molecule has 1 amide bonds. The van der Waals surface area contributed by atoms with Crippen LogP contribution in [0.15, 0.2) is 61.1 Å². The molecule has 0 aliphatic heterocycles. The third-order valence-electron chi connectivity index (χ3n) is 3.32. The van der Waals surface area contributed by atoms with Crippen LogP contribution in [-0.2, 0) is 11.2 Å². The highest BCUT2D eigenvalue weighted by Gasteiger charge is 2.10. The van der Waals surface area contributed by atoms with Crippen LogP contribution in [0, 0.1) is 0 Å². The highest BCUT2D eigenvalue weighted by atomic mass is 16.2. The molecule has 2 aromatic heterocycles. The van der Waals surface area contributed by atoms with Gasteiger partial charge in [0.05, 0.1) is 6.42 Å². The van der Waals surface area contributed by atoms with Gasteiger partial charge in [-0.15, -0.1) is 0 Å². The first-order valence-corrected chi connectivity index (χ1v) is 7.59. The van der Waals surface area contributed by atoms with Gasteiger partial charge in [-0.25, -0.2) is 15.0 Å². The van der Waals surface area contributed by atoms with Gasteiger partial charge in [-0.2, -0.15) is 0 Å². The molecular weight excluding hydrogens is 318 g/mol. The van der Waals surface area contributed by atoms with Crippen molar-refractivity contribution in [3.8, 4) is 0 Å². The van der Waals surface area contributed by atoms with E-state index in [1.165, 1.54) is 6.33 Å². The van der Waals surface area contributed by atoms with Crippen LogP contribution in [0.3, 0.4) is 0 Å². The van der Waals surface area contributed by atoms with E-state index >= 15 is 0 Å². The van der Waals surface area contributed by atoms with Gasteiger partial charge in [-0.05, 0) is 17.7 Å². The SMILES string of the molecule is Nc1c(NNC(=O)Cc2ccccc2)ncnc1Nc1ccccn1.